The zero-order valence-electron chi connectivity index (χ0n) is 16.4. The van der Waals surface area contributed by atoms with Gasteiger partial charge >= 0.3 is 0 Å². The SMILES string of the molecule is Cc1ccc(CN=C(NCC2CCN(S(C)(=O)=O)C2)Nc2ccccc2)cc1. The van der Waals surface area contributed by atoms with E-state index in [1.54, 1.807) is 4.31 Å². The number of sulfonamides is 1. The van der Waals surface area contributed by atoms with Gasteiger partial charge in [-0.1, -0.05) is 48.0 Å². The molecule has 1 atom stereocenters. The quantitative estimate of drug-likeness (QED) is 0.578. The van der Waals surface area contributed by atoms with Crippen LogP contribution < -0.4 is 10.6 Å². The molecular weight excluding hydrogens is 372 g/mol. The van der Waals surface area contributed by atoms with Crippen LogP contribution in [-0.4, -0.2) is 44.6 Å². The summed E-state index contributed by atoms with van der Waals surface area (Å²) in [5, 5.41) is 6.71. The number of guanidine groups is 1. The smallest absolute Gasteiger partial charge is 0.211 e. The van der Waals surface area contributed by atoms with Gasteiger partial charge in [-0.15, -0.1) is 0 Å². The van der Waals surface area contributed by atoms with Crippen LogP contribution in [0.4, 0.5) is 5.69 Å². The van der Waals surface area contributed by atoms with Gasteiger partial charge in [-0.05, 0) is 37.0 Å². The fraction of sp³-hybridized carbons (Fsp3) is 0.381. The maximum Gasteiger partial charge on any atom is 0.211 e. The van der Waals surface area contributed by atoms with Crippen molar-refractivity contribution in [1.82, 2.24) is 9.62 Å². The molecule has 0 aliphatic carbocycles. The number of rotatable bonds is 6. The van der Waals surface area contributed by atoms with Gasteiger partial charge < -0.3 is 10.6 Å². The number of nitrogens with one attached hydrogen (secondary N) is 2. The van der Waals surface area contributed by atoms with Gasteiger partial charge in [0.05, 0.1) is 12.8 Å². The summed E-state index contributed by atoms with van der Waals surface area (Å²) in [5.74, 6) is 0.974. The van der Waals surface area contributed by atoms with Gasteiger partial charge in [0.1, 0.15) is 0 Å². The van der Waals surface area contributed by atoms with Crippen LogP contribution in [-0.2, 0) is 16.6 Å². The number of anilines is 1. The van der Waals surface area contributed by atoms with Crippen LogP contribution >= 0.6 is 0 Å². The molecule has 1 aliphatic rings. The summed E-state index contributed by atoms with van der Waals surface area (Å²) in [6.07, 6.45) is 2.13. The molecule has 0 saturated carbocycles. The highest BCUT2D eigenvalue weighted by Crippen LogP contribution is 2.18. The highest BCUT2D eigenvalue weighted by Gasteiger charge is 2.28. The fourth-order valence-electron chi connectivity index (χ4n) is 3.17. The molecular formula is C21H28N4O2S. The van der Waals surface area contributed by atoms with Crippen molar-refractivity contribution in [2.45, 2.75) is 19.9 Å². The molecule has 2 aromatic carbocycles. The molecule has 0 aromatic heterocycles. The largest absolute Gasteiger partial charge is 0.356 e. The molecule has 7 heteroatoms. The van der Waals surface area contributed by atoms with Gasteiger partial charge in [-0.25, -0.2) is 17.7 Å². The molecule has 1 saturated heterocycles. The first kappa shape index (κ1) is 20.4. The van der Waals surface area contributed by atoms with E-state index >= 15 is 0 Å². The third kappa shape index (κ3) is 6.07. The van der Waals surface area contributed by atoms with Crippen LogP contribution in [0.2, 0.25) is 0 Å². The normalized spacial score (nSPS) is 18.2. The molecule has 2 N–H and O–H groups in total. The molecule has 3 rings (SSSR count). The summed E-state index contributed by atoms with van der Waals surface area (Å²) in [6, 6.07) is 18.2. The maximum atomic E-state index is 11.7. The van der Waals surface area contributed by atoms with Crippen LogP contribution in [0.3, 0.4) is 0 Å². The lowest BCUT2D eigenvalue weighted by molar-refractivity contribution is 0.459. The summed E-state index contributed by atoms with van der Waals surface area (Å²) >= 11 is 0. The topological polar surface area (TPSA) is 73.8 Å². The number of benzene rings is 2. The van der Waals surface area contributed by atoms with Gasteiger partial charge in [0.2, 0.25) is 10.0 Å². The fourth-order valence-corrected chi connectivity index (χ4v) is 4.09. The third-order valence-electron chi connectivity index (χ3n) is 4.85. The number of para-hydroxylation sites is 1. The van der Waals surface area contributed by atoms with Crippen molar-refractivity contribution in [2.24, 2.45) is 10.9 Å². The van der Waals surface area contributed by atoms with E-state index in [2.05, 4.69) is 41.8 Å². The Morgan fingerprint density at radius 2 is 1.86 bits per heavy atom. The van der Waals surface area contributed by atoms with E-state index in [9.17, 15) is 8.42 Å². The molecule has 1 aliphatic heterocycles. The van der Waals surface area contributed by atoms with E-state index in [0.29, 0.717) is 32.1 Å². The zero-order valence-corrected chi connectivity index (χ0v) is 17.2. The minimum atomic E-state index is -3.11. The predicted molar refractivity (Wildman–Crippen MR) is 115 cm³/mol. The van der Waals surface area contributed by atoms with Gasteiger partial charge in [-0.2, -0.15) is 0 Å². The first-order valence-electron chi connectivity index (χ1n) is 9.51. The highest BCUT2D eigenvalue weighted by molar-refractivity contribution is 7.88. The third-order valence-corrected chi connectivity index (χ3v) is 6.12. The summed E-state index contributed by atoms with van der Waals surface area (Å²) in [5.41, 5.74) is 3.33. The molecule has 0 amide bonds. The van der Waals surface area contributed by atoms with Gasteiger partial charge in [0, 0.05) is 25.3 Å². The molecule has 1 fully saturated rings. The average Bonchev–Trinajstić information content (AvgIpc) is 3.16. The minimum absolute atomic E-state index is 0.275. The summed E-state index contributed by atoms with van der Waals surface area (Å²) in [4.78, 5) is 4.71. The Labute approximate surface area is 167 Å². The highest BCUT2D eigenvalue weighted by atomic mass is 32.2. The molecule has 150 valence electrons. The van der Waals surface area contributed by atoms with Crippen molar-refractivity contribution in [3.05, 3.63) is 65.7 Å². The molecule has 28 heavy (non-hydrogen) atoms. The molecule has 2 aromatic rings. The second-order valence-corrected chi connectivity index (χ2v) is 9.28. The van der Waals surface area contributed by atoms with Crippen molar-refractivity contribution in [2.75, 3.05) is 31.2 Å². The summed E-state index contributed by atoms with van der Waals surface area (Å²) in [7, 11) is -3.11. The average molecular weight is 401 g/mol. The van der Waals surface area contributed by atoms with E-state index in [-0.39, 0.29) is 5.92 Å². The second kappa shape index (κ2) is 9.21. The molecule has 0 radical (unpaired) electrons. The van der Waals surface area contributed by atoms with Gasteiger partial charge in [0.25, 0.3) is 0 Å². The lowest BCUT2D eigenvalue weighted by Gasteiger charge is -2.17. The van der Waals surface area contributed by atoms with Crippen LogP contribution in [0.5, 0.6) is 0 Å². The van der Waals surface area contributed by atoms with E-state index in [1.165, 1.54) is 11.8 Å². The van der Waals surface area contributed by atoms with Crippen LogP contribution in [0.1, 0.15) is 17.5 Å². The van der Waals surface area contributed by atoms with Crippen molar-refractivity contribution in [3.8, 4) is 0 Å². The van der Waals surface area contributed by atoms with E-state index < -0.39 is 10.0 Å². The van der Waals surface area contributed by atoms with Crippen LogP contribution in [0, 0.1) is 12.8 Å². The number of hydrogen-bond donors (Lipinski definition) is 2. The molecule has 1 heterocycles. The molecule has 0 bridgehead atoms. The van der Waals surface area contributed by atoms with Crippen molar-refractivity contribution >= 4 is 21.7 Å². The van der Waals surface area contributed by atoms with Crippen molar-refractivity contribution in [3.63, 3.8) is 0 Å². The second-order valence-electron chi connectivity index (χ2n) is 7.30. The van der Waals surface area contributed by atoms with E-state index in [1.807, 2.05) is 30.3 Å². The molecule has 0 spiro atoms. The Kier molecular flexibility index (Phi) is 6.70. The lowest BCUT2D eigenvalue weighted by Crippen LogP contribution is -2.36. The maximum absolute atomic E-state index is 11.7. The van der Waals surface area contributed by atoms with E-state index in [0.717, 1.165) is 17.7 Å². The van der Waals surface area contributed by atoms with Crippen molar-refractivity contribution < 1.29 is 8.42 Å². The first-order valence-corrected chi connectivity index (χ1v) is 11.4. The Balaban J connectivity index is 1.64. The van der Waals surface area contributed by atoms with Gasteiger partial charge in [-0.3, -0.25) is 0 Å². The first-order chi connectivity index (χ1) is 13.4. The number of hydrogen-bond acceptors (Lipinski definition) is 3. The minimum Gasteiger partial charge on any atom is -0.356 e. The monoisotopic (exact) mass is 400 g/mol. The van der Waals surface area contributed by atoms with Gasteiger partial charge in [0.15, 0.2) is 5.96 Å². The Hall–Kier alpha value is -2.38. The number of nitrogens with zero attached hydrogens (tertiary/aromatic N) is 2. The lowest BCUT2D eigenvalue weighted by atomic mass is 10.1. The summed E-state index contributed by atoms with van der Waals surface area (Å²) < 4.78 is 25.0. The predicted octanol–water partition coefficient (Wildman–Crippen LogP) is 2.83. The molecule has 1 unspecified atom stereocenters. The standard InChI is InChI=1S/C21H28N4O2S/c1-17-8-10-18(11-9-17)14-22-21(24-20-6-4-3-5-7-20)23-15-19-12-13-25(16-19)28(2,26)27/h3-11,19H,12-16H2,1-2H3,(H2,22,23,24). The Morgan fingerprint density at radius 3 is 2.50 bits per heavy atom. The van der Waals surface area contributed by atoms with Crippen LogP contribution in [0.15, 0.2) is 59.6 Å². The number of aliphatic imine (C=N–C) groups is 1. The summed E-state index contributed by atoms with van der Waals surface area (Å²) in [6.45, 7) is 4.47. The Morgan fingerprint density at radius 1 is 1.14 bits per heavy atom. The Bertz CT molecular complexity index is 896. The van der Waals surface area contributed by atoms with E-state index in [4.69, 9.17) is 4.99 Å². The number of aryl methyl sites for hydroxylation is 1. The van der Waals surface area contributed by atoms with Crippen LogP contribution in [0.25, 0.3) is 0 Å². The zero-order chi connectivity index (χ0) is 20.0. The van der Waals surface area contributed by atoms with Crippen molar-refractivity contribution in [1.29, 1.82) is 0 Å². The molecule has 6 nitrogen and oxygen atoms in total.